The van der Waals surface area contributed by atoms with E-state index in [9.17, 15) is 28.6 Å². The first-order valence-electron chi connectivity index (χ1n) is 20.1. The normalized spacial score (nSPS) is 20.5. The Hall–Kier alpha value is -6.48. The molecule has 2 aromatic carbocycles. The van der Waals surface area contributed by atoms with Gasteiger partial charge in [0.1, 0.15) is 33.8 Å². The van der Waals surface area contributed by atoms with Crippen LogP contribution in [0.25, 0.3) is 11.3 Å². The molecule has 0 spiro atoms. The number of nitrogens with zero attached hydrogens (tertiary/aromatic N) is 8. The van der Waals surface area contributed by atoms with Gasteiger partial charge >= 0.3 is 0 Å². The summed E-state index contributed by atoms with van der Waals surface area (Å²) in [6, 6.07) is 7.58. The molecule has 0 bridgehead atoms. The molecule has 2 fully saturated rings. The van der Waals surface area contributed by atoms with E-state index in [1.807, 2.05) is 38.1 Å². The predicted octanol–water partition coefficient (Wildman–Crippen LogP) is 3.29. The Morgan fingerprint density at radius 2 is 1.06 bits per heavy atom. The van der Waals surface area contributed by atoms with Crippen molar-refractivity contribution < 1.29 is 47.5 Å². The standard InChI is InChI=1S/2C21H22FN5O4/c2*1-21(12-28)8-13-6-16(17(7-18(13)31-21)26-2-4-30-5-3-26)25-20(29)15-10-24-27-11-14(22)9-23-19(15)27/h2*6-7,9-11,28H,2-5,8,12H2,1H3,(H,25,29)/t2*21-/m10/s1. The summed E-state index contributed by atoms with van der Waals surface area (Å²) < 4.78 is 52.2. The van der Waals surface area contributed by atoms with E-state index in [0.29, 0.717) is 88.3 Å². The summed E-state index contributed by atoms with van der Waals surface area (Å²) in [6.07, 6.45) is 8.23. The van der Waals surface area contributed by atoms with Gasteiger partial charge in [0.15, 0.2) is 22.9 Å². The molecule has 324 valence electrons. The fraction of sp³-hybridized carbons (Fsp3) is 0.381. The zero-order chi connectivity index (χ0) is 43.2. The highest BCUT2D eigenvalue weighted by Crippen LogP contribution is 2.43. The Morgan fingerprint density at radius 3 is 1.45 bits per heavy atom. The highest BCUT2D eigenvalue weighted by molar-refractivity contribution is 6.10. The van der Waals surface area contributed by atoms with Crippen molar-refractivity contribution in [2.45, 2.75) is 37.9 Å². The molecule has 4 N–H and O–H groups in total. The number of morpholine rings is 2. The van der Waals surface area contributed by atoms with Gasteiger partial charge in [-0.3, -0.25) is 9.59 Å². The smallest absolute Gasteiger partial charge is 0.261 e. The van der Waals surface area contributed by atoms with Crippen LogP contribution in [0.2, 0.25) is 0 Å². The third-order valence-electron chi connectivity index (χ3n) is 11.2. The zero-order valence-electron chi connectivity index (χ0n) is 33.9. The average Bonchev–Trinajstić information content (AvgIpc) is 4.06. The molecule has 20 heteroatoms. The monoisotopic (exact) mass is 854 g/mol. The number of halogens is 2. The summed E-state index contributed by atoms with van der Waals surface area (Å²) >= 11 is 0. The highest BCUT2D eigenvalue weighted by Gasteiger charge is 2.37. The molecule has 4 aromatic heterocycles. The molecular weight excluding hydrogens is 811 g/mol. The van der Waals surface area contributed by atoms with E-state index >= 15 is 0 Å². The first-order chi connectivity index (χ1) is 29.9. The van der Waals surface area contributed by atoms with Crippen molar-refractivity contribution in [3.8, 4) is 11.5 Å². The summed E-state index contributed by atoms with van der Waals surface area (Å²) in [7, 11) is 0. The van der Waals surface area contributed by atoms with Crippen LogP contribution in [0, 0.1) is 11.6 Å². The number of hydrogen-bond donors (Lipinski definition) is 4. The van der Waals surface area contributed by atoms with Gasteiger partial charge in [-0.25, -0.2) is 27.8 Å². The van der Waals surface area contributed by atoms with Crippen molar-refractivity contribution in [3.05, 3.63) is 95.3 Å². The van der Waals surface area contributed by atoms with Crippen LogP contribution in [0.3, 0.4) is 0 Å². The fourth-order valence-electron chi connectivity index (χ4n) is 8.01. The number of carbonyl (C=O) groups is 2. The number of fused-ring (bicyclic) bond motifs is 4. The van der Waals surface area contributed by atoms with E-state index in [0.717, 1.165) is 34.9 Å². The van der Waals surface area contributed by atoms with E-state index in [1.54, 1.807) is 0 Å². The number of rotatable bonds is 8. The van der Waals surface area contributed by atoms with Gasteiger partial charge in [0.2, 0.25) is 0 Å². The van der Waals surface area contributed by atoms with Gasteiger partial charge in [-0.15, -0.1) is 0 Å². The molecule has 62 heavy (non-hydrogen) atoms. The molecule has 4 aliphatic heterocycles. The molecule has 10 rings (SSSR count). The van der Waals surface area contributed by atoms with Crippen molar-refractivity contribution in [1.82, 2.24) is 29.2 Å². The molecule has 6 aromatic rings. The van der Waals surface area contributed by atoms with Crippen LogP contribution in [-0.2, 0) is 22.3 Å². The first kappa shape index (κ1) is 40.9. The maximum Gasteiger partial charge on any atom is 0.261 e. The molecule has 0 saturated carbocycles. The zero-order valence-corrected chi connectivity index (χ0v) is 33.9. The van der Waals surface area contributed by atoms with E-state index in [4.69, 9.17) is 18.9 Å². The number of benzene rings is 2. The summed E-state index contributed by atoms with van der Waals surface area (Å²) in [4.78, 5) is 38.4. The Bertz CT molecular complexity index is 2500. The summed E-state index contributed by atoms with van der Waals surface area (Å²) in [6.45, 7) is 8.54. The van der Waals surface area contributed by atoms with Crippen LogP contribution >= 0.6 is 0 Å². The molecule has 8 heterocycles. The summed E-state index contributed by atoms with van der Waals surface area (Å²) in [5.74, 6) is -0.474. The van der Waals surface area contributed by atoms with Crippen molar-refractivity contribution in [2.75, 3.05) is 86.3 Å². The number of amides is 2. The van der Waals surface area contributed by atoms with Crippen LogP contribution < -0.4 is 29.9 Å². The second-order valence-electron chi connectivity index (χ2n) is 16.0. The van der Waals surface area contributed by atoms with Crippen LogP contribution in [0.4, 0.5) is 31.5 Å². The summed E-state index contributed by atoms with van der Waals surface area (Å²) in [5, 5.41) is 33.4. The number of hydrogen-bond acceptors (Lipinski definition) is 14. The van der Waals surface area contributed by atoms with Crippen molar-refractivity contribution >= 4 is 45.9 Å². The number of anilines is 4. The van der Waals surface area contributed by atoms with Gasteiger partial charge < -0.3 is 49.6 Å². The number of carbonyl (C=O) groups excluding carboxylic acids is 2. The van der Waals surface area contributed by atoms with Gasteiger partial charge in [0.25, 0.3) is 11.8 Å². The third kappa shape index (κ3) is 8.04. The third-order valence-corrected chi connectivity index (χ3v) is 11.2. The van der Waals surface area contributed by atoms with E-state index < -0.39 is 34.7 Å². The predicted molar refractivity (Wildman–Crippen MR) is 220 cm³/mol. The molecule has 2 saturated heterocycles. The van der Waals surface area contributed by atoms with E-state index in [1.165, 1.54) is 33.8 Å². The molecule has 18 nitrogen and oxygen atoms in total. The largest absolute Gasteiger partial charge is 0.484 e. The molecule has 0 unspecified atom stereocenters. The minimum absolute atomic E-state index is 0.110. The fourth-order valence-corrected chi connectivity index (χ4v) is 8.01. The van der Waals surface area contributed by atoms with Crippen LogP contribution in [0.1, 0.15) is 45.7 Å². The Balaban J connectivity index is 0.000000158. The SMILES string of the molecule is C[C@@]1(CO)Cc2cc(NC(=O)c3cnn4cc(F)cnc34)c(N3CCOCC3)cc2O1.C[C@]1(CO)Cc2cc(NC(=O)c3cnn4cc(F)cnc34)c(N3CCOCC3)cc2O1. The molecule has 0 radical (unpaired) electrons. The lowest BCUT2D eigenvalue weighted by Gasteiger charge is -2.31. The van der Waals surface area contributed by atoms with E-state index in [-0.39, 0.29) is 35.6 Å². The van der Waals surface area contributed by atoms with Crippen molar-refractivity contribution in [2.24, 2.45) is 0 Å². The molecular formula is C42H44F2N10O8. The van der Waals surface area contributed by atoms with Gasteiger partial charge in [-0.05, 0) is 26.0 Å². The minimum atomic E-state index is -0.691. The van der Waals surface area contributed by atoms with E-state index in [2.05, 4.69) is 40.6 Å². The molecule has 2 amide bonds. The van der Waals surface area contributed by atoms with Gasteiger partial charge in [-0.2, -0.15) is 10.2 Å². The maximum atomic E-state index is 13.4. The number of ether oxygens (including phenoxy) is 4. The lowest BCUT2D eigenvalue weighted by atomic mass is 9.99. The minimum Gasteiger partial charge on any atom is -0.484 e. The molecule has 4 aliphatic rings. The highest BCUT2D eigenvalue weighted by atomic mass is 19.1. The van der Waals surface area contributed by atoms with Crippen molar-refractivity contribution in [3.63, 3.8) is 0 Å². The van der Waals surface area contributed by atoms with Gasteiger partial charge in [0, 0.05) is 62.3 Å². The molecule has 2 atom stereocenters. The Kier molecular flexibility index (Phi) is 10.8. The summed E-state index contributed by atoms with van der Waals surface area (Å²) in [5.41, 5.74) is 4.32. The Morgan fingerprint density at radius 1 is 0.661 bits per heavy atom. The Labute approximate surface area is 353 Å². The first-order valence-corrected chi connectivity index (χ1v) is 20.1. The van der Waals surface area contributed by atoms with Gasteiger partial charge in [-0.1, -0.05) is 0 Å². The van der Waals surface area contributed by atoms with Gasteiger partial charge in [0.05, 0.1) is 99.6 Å². The van der Waals surface area contributed by atoms with Crippen molar-refractivity contribution in [1.29, 1.82) is 0 Å². The quantitative estimate of drug-likeness (QED) is 0.174. The second kappa shape index (κ2) is 16.4. The maximum absolute atomic E-state index is 13.4. The molecule has 0 aliphatic carbocycles. The lowest BCUT2D eigenvalue weighted by Crippen LogP contribution is -2.36. The lowest BCUT2D eigenvalue weighted by molar-refractivity contribution is 0.0446. The average molecular weight is 855 g/mol. The second-order valence-corrected chi connectivity index (χ2v) is 16.0. The number of aromatic nitrogens is 6. The number of aliphatic hydroxyl groups excluding tert-OH is 2. The number of nitrogens with one attached hydrogen (secondary N) is 2. The van der Waals surface area contributed by atoms with Crippen LogP contribution in [-0.4, -0.2) is 128 Å². The number of aliphatic hydroxyl groups is 2. The van der Waals surface area contributed by atoms with Crippen LogP contribution in [0.5, 0.6) is 11.5 Å². The van der Waals surface area contributed by atoms with Crippen LogP contribution in [0.15, 0.2) is 61.4 Å². The topological polar surface area (TPSA) is 202 Å².